The average Bonchev–Trinajstić information content (AvgIpc) is 3.38. The van der Waals surface area contributed by atoms with E-state index in [0.29, 0.717) is 5.92 Å². The molecule has 2 aliphatic rings. The highest BCUT2D eigenvalue weighted by Gasteiger charge is 2.31. The Bertz CT molecular complexity index is 797. The van der Waals surface area contributed by atoms with Gasteiger partial charge in [0, 0.05) is 35.6 Å². The molecule has 24 heavy (non-hydrogen) atoms. The first-order valence-corrected chi connectivity index (χ1v) is 9.01. The Kier molecular flexibility index (Phi) is 3.80. The van der Waals surface area contributed by atoms with E-state index in [9.17, 15) is 4.79 Å². The molecular weight excluding hydrogens is 298 g/mol. The minimum absolute atomic E-state index is 0.134. The third-order valence-electron chi connectivity index (χ3n) is 5.39. The molecule has 0 spiro atoms. The second-order valence-electron chi connectivity index (χ2n) is 7.52. The van der Waals surface area contributed by atoms with Crippen LogP contribution in [-0.4, -0.2) is 34.4 Å². The maximum atomic E-state index is 13.3. The highest BCUT2D eigenvalue weighted by Crippen LogP contribution is 2.40. The van der Waals surface area contributed by atoms with Crippen molar-refractivity contribution in [3.8, 4) is 0 Å². The van der Waals surface area contributed by atoms with Crippen molar-refractivity contribution < 1.29 is 4.79 Å². The molecule has 1 aromatic carbocycles. The number of benzene rings is 1. The maximum Gasteiger partial charge on any atom is 0.254 e. The number of hydrogen-bond acceptors (Lipinski definition) is 3. The van der Waals surface area contributed by atoms with Crippen molar-refractivity contribution >= 4 is 16.8 Å². The summed E-state index contributed by atoms with van der Waals surface area (Å²) >= 11 is 0. The van der Waals surface area contributed by atoms with Crippen LogP contribution in [-0.2, 0) is 0 Å². The Morgan fingerprint density at radius 2 is 2.04 bits per heavy atom. The molecular formula is C20H25N3O. The first kappa shape index (κ1) is 15.6. The number of likely N-dealkylation sites (tertiary alicyclic amines) is 1. The SMILES string of the molecule is Cc1ccc2nc(C3CC3)cc(C(=O)N3CC[C@@H](N)C[C@H]3C)c2c1. The van der Waals surface area contributed by atoms with Gasteiger partial charge in [-0.2, -0.15) is 0 Å². The lowest BCUT2D eigenvalue weighted by atomic mass is 9.96. The monoisotopic (exact) mass is 323 g/mol. The number of carbonyl (C=O) groups is 1. The molecule has 4 heteroatoms. The molecule has 2 heterocycles. The molecule has 1 aliphatic heterocycles. The van der Waals surface area contributed by atoms with Crippen LogP contribution >= 0.6 is 0 Å². The van der Waals surface area contributed by atoms with Gasteiger partial charge in [0.05, 0.1) is 11.1 Å². The number of rotatable bonds is 2. The minimum Gasteiger partial charge on any atom is -0.336 e. The van der Waals surface area contributed by atoms with Gasteiger partial charge >= 0.3 is 0 Å². The van der Waals surface area contributed by atoms with Crippen molar-refractivity contribution in [1.82, 2.24) is 9.88 Å². The number of amides is 1. The van der Waals surface area contributed by atoms with Gasteiger partial charge in [0.2, 0.25) is 0 Å². The summed E-state index contributed by atoms with van der Waals surface area (Å²) in [6, 6.07) is 8.66. The van der Waals surface area contributed by atoms with Gasteiger partial charge in [0.25, 0.3) is 5.91 Å². The third kappa shape index (κ3) is 2.80. The number of hydrogen-bond donors (Lipinski definition) is 1. The fourth-order valence-electron chi connectivity index (χ4n) is 3.79. The largest absolute Gasteiger partial charge is 0.336 e. The molecule has 2 N–H and O–H groups in total. The van der Waals surface area contributed by atoms with E-state index in [2.05, 4.69) is 26.0 Å². The number of fused-ring (bicyclic) bond motifs is 1. The zero-order valence-electron chi connectivity index (χ0n) is 14.5. The van der Waals surface area contributed by atoms with Crippen molar-refractivity contribution in [2.24, 2.45) is 5.73 Å². The van der Waals surface area contributed by atoms with Crippen LogP contribution in [0.15, 0.2) is 24.3 Å². The van der Waals surface area contributed by atoms with Gasteiger partial charge in [-0.1, -0.05) is 11.6 Å². The highest BCUT2D eigenvalue weighted by molar-refractivity contribution is 6.06. The first-order valence-electron chi connectivity index (χ1n) is 9.01. The molecule has 0 unspecified atom stereocenters. The average molecular weight is 323 g/mol. The molecule has 1 amide bonds. The molecule has 2 aromatic rings. The number of carbonyl (C=O) groups excluding carboxylic acids is 1. The Hall–Kier alpha value is -1.94. The van der Waals surface area contributed by atoms with E-state index in [1.54, 1.807) is 0 Å². The van der Waals surface area contributed by atoms with Crippen LogP contribution in [0.5, 0.6) is 0 Å². The van der Waals surface area contributed by atoms with Gasteiger partial charge in [0.1, 0.15) is 0 Å². The van der Waals surface area contributed by atoms with Gasteiger partial charge in [-0.05, 0) is 57.7 Å². The maximum absolute atomic E-state index is 13.3. The Morgan fingerprint density at radius 1 is 1.25 bits per heavy atom. The normalized spacial score (nSPS) is 24.4. The molecule has 2 fully saturated rings. The van der Waals surface area contributed by atoms with Crippen LogP contribution in [0.3, 0.4) is 0 Å². The van der Waals surface area contributed by atoms with E-state index in [1.165, 1.54) is 12.8 Å². The minimum atomic E-state index is 0.134. The summed E-state index contributed by atoms with van der Waals surface area (Å²) in [6.45, 7) is 4.91. The Labute approximate surface area is 143 Å². The summed E-state index contributed by atoms with van der Waals surface area (Å²) < 4.78 is 0. The van der Waals surface area contributed by atoms with E-state index in [0.717, 1.165) is 47.1 Å². The lowest BCUT2D eigenvalue weighted by Crippen LogP contribution is -2.48. The van der Waals surface area contributed by atoms with E-state index in [4.69, 9.17) is 10.7 Å². The van der Waals surface area contributed by atoms with Gasteiger partial charge in [-0.3, -0.25) is 9.78 Å². The molecule has 1 saturated heterocycles. The summed E-state index contributed by atoms with van der Waals surface area (Å²) in [5, 5.41) is 0.978. The third-order valence-corrected chi connectivity index (χ3v) is 5.39. The fourth-order valence-corrected chi connectivity index (χ4v) is 3.79. The molecule has 4 rings (SSSR count). The Balaban J connectivity index is 1.79. The van der Waals surface area contributed by atoms with Gasteiger partial charge in [-0.15, -0.1) is 0 Å². The quantitative estimate of drug-likeness (QED) is 0.922. The van der Waals surface area contributed by atoms with Crippen molar-refractivity contribution in [1.29, 1.82) is 0 Å². The molecule has 0 bridgehead atoms. The summed E-state index contributed by atoms with van der Waals surface area (Å²) in [4.78, 5) is 20.1. The van der Waals surface area contributed by atoms with Gasteiger partial charge in [-0.25, -0.2) is 0 Å². The summed E-state index contributed by atoms with van der Waals surface area (Å²) in [5.41, 5.74) is 10.1. The standard InChI is InChI=1S/C20H25N3O/c1-12-3-6-18-16(9-12)17(11-19(22-18)14-4-5-14)20(24)23-8-7-15(21)10-13(23)2/h3,6,9,11,13-15H,4-5,7-8,10,21H2,1-2H3/t13-,15-/m1/s1. The van der Waals surface area contributed by atoms with E-state index >= 15 is 0 Å². The van der Waals surface area contributed by atoms with Crippen LogP contribution in [0.25, 0.3) is 10.9 Å². The van der Waals surface area contributed by atoms with E-state index in [1.807, 2.05) is 17.0 Å². The molecule has 4 nitrogen and oxygen atoms in total. The Morgan fingerprint density at radius 3 is 2.75 bits per heavy atom. The first-order chi connectivity index (χ1) is 11.5. The number of aryl methyl sites for hydroxylation is 1. The number of pyridine rings is 1. The number of piperidine rings is 1. The smallest absolute Gasteiger partial charge is 0.254 e. The number of aromatic nitrogens is 1. The van der Waals surface area contributed by atoms with Crippen molar-refractivity contribution in [2.45, 2.75) is 57.5 Å². The van der Waals surface area contributed by atoms with Crippen LogP contribution in [0, 0.1) is 6.92 Å². The molecule has 2 atom stereocenters. The second-order valence-corrected chi connectivity index (χ2v) is 7.52. The molecule has 0 radical (unpaired) electrons. The van der Waals surface area contributed by atoms with Crippen LogP contribution in [0.4, 0.5) is 0 Å². The molecule has 1 aromatic heterocycles. The van der Waals surface area contributed by atoms with Gasteiger partial charge in [0.15, 0.2) is 0 Å². The molecule has 1 saturated carbocycles. The van der Waals surface area contributed by atoms with E-state index in [-0.39, 0.29) is 18.0 Å². The van der Waals surface area contributed by atoms with Crippen molar-refractivity contribution in [3.63, 3.8) is 0 Å². The lowest BCUT2D eigenvalue weighted by Gasteiger charge is -2.36. The topological polar surface area (TPSA) is 59.2 Å². The van der Waals surface area contributed by atoms with Crippen LogP contribution < -0.4 is 5.73 Å². The van der Waals surface area contributed by atoms with Gasteiger partial charge < -0.3 is 10.6 Å². The van der Waals surface area contributed by atoms with Crippen LogP contribution in [0.2, 0.25) is 0 Å². The summed E-state index contributed by atoms with van der Waals surface area (Å²) in [5.74, 6) is 0.670. The lowest BCUT2D eigenvalue weighted by molar-refractivity contribution is 0.0621. The van der Waals surface area contributed by atoms with Crippen molar-refractivity contribution in [2.75, 3.05) is 6.54 Å². The zero-order valence-corrected chi connectivity index (χ0v) is 14.5. The van der Waals surface area contributed by atoms with Crippen molar-refractivity contribution in [3.05, 3.63) is 41.1 Å². The van der Waals surface area contributed by atoms with E-state index < -0.39 is 0 Å². The summed E-state index contributed by atoms with van der Waals surface area (Å²) in [7, 11) is 0. The predicted molar refractivity (Wildman–Crippen MR) is 96.2 cm³/mol. The number of nitrogens with zero attached hydrogens (tertiary/aromatic N) is 2. The second kappa shape index (κ2) is 5.85. The fraction of sp³-hybridized carbons (Fsp3) is 0.500. The van der Waals surface area contributed by atoms with Crippen LogP contribution in [0.1, 0.15) is 60.1 Å². The molecule has 126 valence electrons. The zero-order chi connectivity index (χ0) is 16.8. The number of nitrogens with two attached hydrogens (primary N) is 1. The highest BCUT2D eigenvalue weighted by atomic mass is 16.2. The molecule has 1 aliphatic carbocycles. The summed E-state index contributed by atoms with van der Waals surface area (Å²) in [6.07, 6.45) is 4.14. The predicted octanol–water partition coefficient (Wildman–Crippen LogP) is 3.37.